The molecule has 3 rings (SSSR count). The van der Waals surface area contributed by atoms with Crippen molar-refractivity contribution in [2.45, 2.75) is 25.6 Å². The van der Waals surface area contributed by atoms with E-state index in [2.05, 4.69) is 17.0 Å². The summed E-state index contributed by atoms with van der Waals surface area (Å²) in [5.74, 6) is -0.872. The van der Waals surface area contributed by atoms with E-state index in [0.717, 1.165) is 31.6 Å². The third-order valence-electron chi connectivity index (χ3n) is 4.25. The second-order valence-electron chi connectivity index (χ2n) is 5.81. The molecule has 23 heavy (non-hydrogen) atoms. The van der Waals surface area contributed by atoms with E-state index < -0.39 is 5.97 Å². The quantitative estimate of drug-likeness (QED) is 0.917. The van der Waals surface area contributed by atoms with Crippen molar-refractivity contribution in [3.63, 3.8) is 0 Å². The highest BCUT2D eigenvalue weighted by Crippen LogP contribution is 2.25. The average molecular weight is 311 g/mol. The Balaban J connectivity index is 1.55. The lowest BCUT2D eigenvalue weighted by molar-refractivity contribution is 0.0251. The second-order valence-corrected chi connectivity index (χ2v) is 5.81. The summed E-state index contributed by atoms with van der Waals surface area (Å²) in [4.78, 5) is 13.5. The van der Waals surface area contributed by atoms with Gasteiger partial charge in [-0.05, 0) is 30.5 Å². The Morgan fingerprint density at radius 3 is 2.39 bits per heavy atom. The SMILES string of the molecule is O=C(O)c1ccccc1N1CCC(OCc2ccccc2)CC1. The fraction of sp³-hybridized carbons (Fsp3) is 0.316. The minimum atomic E-state index is -0.872. The molecule has 1 saturated heterocycles. The molecule has 1 aliphatic rings. The summed E-state index contributed by atoms with van der Waals surface area (Å²) in [6.45, 7) is 2.28. The molecule has 1 heterocycles. The molecule has 2 aromatic carbocycles. The molecular weight excluding hydrogens is 290 g/mol. The largest absolute Gasteiger partial charge is 0.478 e. The Morgan fingerprint density at radius 1 is 1.04 bits per heavy atom. The molecule has 120 valence electrons. The Hall–Kier alpha value is -2.33. The maximum absolute atomic E-state index is 11.3. The number of carboxylic acids is 1. The zero-order valence-corrected chi connectivity index (χ0v) is 13.0. The molecule has 0 unspecified atom stereocenters. The van der Waals surface area contributed by atoms with Gasteiger partial charge in [0.1, 0.15) is 0 Å². The van der Waals surface area contributed by atoms with Gasteiger partial charge >= 0.3 is 5.97 Å². The zero-order chi connectivity index (χ0) is 16.1. The van der Waals surface area contributed by atoms with E-state index >= 15 is 0 Å². The Bertz CT molecular complexity index is 649. The lowest BCUT2D eigenvalue weighted by Gasteiger charge is -2.34. The van der Waals surface area contributed by atoms with Crippen LogP contribution in [0.3, 0.4) is 0 Å². The number of piperidine rings is 1. The van der Waals surface area contributed by atoms with E-state index in [-0.39, 0.29) is 6.10 Å². The van der Waals surface area contributed by atoms with Crippen LogP contribution in [-0.4, -0.2) is 30.3 Å². The summed E-state index contributed by atoms with van der Waals surface area (Å²) in [5, 5.41) is 9.31. The number of anilines is 1. The fourth-order valence-corrected chi connectivity index (χ4v) is 2.98. The fourth-order valence-electron chi connectivity index (χ4n) is 2.98. The Kier molecular flexibility index (Phi) is 4.93. The van der Waals surface area contributed by atoms with E-state index in [4.69, 9.17) is 4.74 Å². The van der Waals surface area contributed by atoms with E-state index in [1.807, 2.05) is 30.3 Å². The van der Waals surface area contributed by atoms with Gasteiger partial charge in [0.15, 0.2) is 0 Å². The monoisotopic (exact) mass is 311 g/mol. The predicted octanol–water partition coefficient (Wildman–Crippen LogP) is 3.57. The smallest absolute Gasteiger partial charge is 0.337 e. The number of hydrogen-bond donors (Lipinski definition) is 1. The van der Waals surface area contributed by atoms with Gasteiger partial charge in [-0.25, -0.2) is 4.79 Å². The molecule has 0 amide bonds. The highest BCUT2D eigenvalue weighted by molar-refractivity contribution is 5.94. The van der Waals surface area contributed by atoms with Gasteiger partial charge in [-0.2, -0.15) is 0 Å². The molecule has 0 spiro atoms. The van der Waals surface area contributed by atoms with Crippen LogP contribution in [0.4, 0.5) is 5.69 Å². The van der Waals surface area contributed by atoms with Crippen molar-refractivity contribution in [1.29, 1.82) is 0 Å². The first kappa shape index (κ1) is 15.6. The van der Waals surface area contributed by atoms with Gasteiger partial charge in [0, 0.05) is 13.1 Å². The standard InChI is InChI=1S/C19H21NO3/c21-19(22)17-8-4-5-9-18(17)20-12-10-16(11-13-20)23-14-15-6-2-1-3-7-15/h1-9,16H,10-14H2,(H,21,22). The summed E-state index contributed by atoms with van der Waals surface area (Å²) in [7, 11) is 0. The number of carboxylic acid groups (broad SMARTS) is 1. The van der Waals surface area contributed by atoms with Crippen LogP contribution < -0.4 is 4.90 Å². The second kappa shape index (κ2) is 7.29. The van der Waals surface area contributed by atoms with Crippen LogP contribution in [0.5, 0.6) is 0 Å². The number of carbonyl (C=O) groups is 1. The van der Waals surface area contributed by atoms with Crippen LogP contribution in [-0.2, 0) is 11.3 Å². The molecule has 0 saturated carbocycles. The van der Waals surface area contributed by atoms with Gasteiger partial charge in [0.05, 0.1) is 24.0 Å². The normalized spacial score (nSPS) is 15.6. The summed E-state index contributed by atoms with van der Waals surface area (Å²) >= 11 is 0. The van der Waals surface area contributed by atoms with Crippen molar-refractivity contribution in [3.05, 3.63) is 65.7 Å². The first-order chi connectivity index (χ1) is 11.2. The lowest BCUT2D eigenvalue weighted by Crippen LogP contribution is -2.37. The number of rotatable bonds is 5. The number of para-hydroxylation sites is 1. The van der Waals surface area contributed by atoms with Crippen molar-refractivity contribution < 1.29 is 14.6 Å². The lowest BCUT2D eigenvalue weighted by atomic mass is 10.0. The van der Waals surface area contributed by atoms with Crippen molar-refractivity contribution in [3.8, 4) is 0 Å². The van der Waals surface area contributed by atoms with Crippen molar-refractivity contribution in [2.75, 3.05) is 18.0 Å². The number of ether oxygens (including phenoxy) is 1. The maximum atomic E-state index is 11.3. The third kappa shape index (κ3) is 3.90. The molecule has 0 aliphatic carbocycles. The van der Waals surface area contributed by atoms with Gasteiger partial charge in [-0.3, -0.25) is 0 Å². The first-order valence-corrected chi connectivity index (χ1v) is 7.97. The molecule has 0 radical (unpaired) electrons. The molecule has 0 atom stereocenters. The third-order valence-corrected chi connectivity index (χ3v) is 4.25. The summed E-state index contributed by atoms with van der Waals surface area (Å²) < 4.78 is 5.99. The Labute approximate surface area is 136 Å². The molecule has 1 fully saturated rings. The minimum absolute atomic E-state index is 0.239. The molecule has 1 N–H and O–H groups in total. The molecule has 0 aromatic heterocycles. The van der Waals surface area contributed by atoms with Crippen LogP contribution in [0.25, 0.3) is 0 Å². The van der Waals surface area contributed by atoms with Crippen molar-refractivity contribution >= 4 is 11.7 Å². The van der Waals surface area contributed by atoms with E-state index in [0.29, 0.717) is 12.2 Å². The van der Waals surface area contributed by atoms with Gasteiger partial charge in [-0.1, -0.05) is 42.5 Å². The van der Waals surface area contributed by atoms with Crippen LogP contribution >= 0.6 is 0 Å². The number of nitrogens with zero attached hydrogens (tertiary/aromatic N) is 1. The van der Waals surface area contributed by atoms with Crippen LogP contribution in [0.1, 0.15) is 28.8 Å². The van der Waals surface area contributed by atoms with Gasteiger partial charge in [0.25, 0.3) is 0 Å². The molecule has 1 aliphatic heterocycles. The predicted molar refractivity (Wildman–Crippen MR) is 89.9 cm³/mol. The van der Waals surface area contributed by atoms with Crippen molar-refractivity contribution in [2.24, 2.45) is 0 Å². The molecule has 0 bridgehead atoms. The van der Waals surface area contributed by atoms with Crippen LogP contribution in [0, 0.1) is 0 Å². The number of hydrogen-bond acceptors (Lipinski definition) is 3. The van der Waals surface area contributed by atoms with Crippen molar-refractivity contribution in [1.82, 2.24) is 0 Å². The summed E-state index contributed by atoms with van der Waals surface area (Å²) in [6, 6.07) is 17.4. The van der Waals surface area contributed by atoms with Gasteiger partial charge < -0.3 is 14.7 Å². The molecule has 4 heteroatoms. The van der Waals surface area contributed by atoms with E-state index in [1.54, 1.807) is 12.1 Å². The summed E-state index contributed by atoms with van der Waals surface area (Å²) in [5.41, 5.74) is 2.36. The average Bonchev–Trinajstić information content (AvgIpc) is 2.61. The Morgan fingerprint density at radius 2 is 1.70 bits per heavy atom. The molecule has 4 nitrogen and oxygen atoms in total. The zero-order valence-electron chi connectivity index (χ0n) is 13.0. The van der Waals surface area contributed by atoms with Crippen LogP contribution in [0.15, 0.2) is 54.6 Å². The van der Waals surface area contributed by atoms with Gasteiger partial charge in [-0.15, -0.1) is 0 Å². The molecule has 2 aromatic rings. The highest BCUT2D eigenvalue weighted by atomic mass is 16.5. The van der Waals surface area contributed by atoms with Gasteiger partial charge in [0.2, 0.25) is 0 Å². The minimum Gasteiger partial charge on any atom is -0.478 e. The van der Waals surface area contributed by atoms with E-state index in [9.17, 15) is 9.90 Å². The topological polar surface area (TPSA) is 49.8 Å². The summed E-state index contributed by atoms with van der Waals surface area (Å²) in [6.07, 6.45) is 2.07. The molecular formula is C19H21NO3. The highest BCUT2D eigenvalue weighted by Gasteiger charge is 2.22. The first-order valence-electron chi connectivity index (χ1n) is 7.97. The number of aromatic carboxylic acids is 1. The number of benzene rings is 2. The van der Waals surface area contributed by atoms with Crippen LogP contribution in [0.2, 0.25) is 0 Å². The van der Waals surface area contributed by atoms with E-state index in [1.165, 1.54) is 5.56 Å². The maximum Gasteiger partial charge on any atom is 0.337 e.